The molecular weight excluding hydrogens is 430 g/mol. The number of aliphatic hydroxyl groups is 1. The lowest BCUT2D eigenvalue weighted by atomic mass is 9.93. The monoisotopic (exact) mass is 457 g/mol. The van der Waals surface area contributed by atoms with Gasteiger partial charge in [-0.3, -0.25) is 5.32 Å². The van der Waals surface area contributed by atoms with Gasteiger partial charge in [0.2, 0.25) is 6.79 Å². The number of anilines is 1. The Hall–Kier alpha value is -3.72. The lowest BCUT2D eigenvalue weighted by molar-refractivity contribution is -0.131. The molecule has 2 atom stereocenters. The number of carbonyl (C=O) groups is 2. The Morgan fingerprint density at radius 1 is 1.18 bits per heavy atom. The molecule has 0 aromatic heterocycles. The van der Waals surface area contributed by atoms with Crippen LogP contribution in [0.1, 0.15) is 31.4 Å². The molecule has 1 aliphatic heterocycles. The van der Waals surface area contributed by atoms with Crippen molar-refractivity contribution in [1.29, 1.82) is 0 Å². The summed E-state index contributed by atoms with van der Waals surface area (Å²) in [4.78, 5) is 23.4. The van der Waals surface area contributed by atoms with E-state index in [1.165, 1.54) is 0 Å². The normalized spacial score (nSPS) is 14.0. The number of fused-ring (bicyclic) bond motifs is 1. The first kappa shape index (κ1) is 23.9. The summed E-state index contributed by atoms with van der Waals surface area (Å²) in [6.07, 6.45) is 2.51. The quantitative estimate of drug-likeness (QED) is 0.430. The van der Waals surface area contributed by atoms with Gasteiger partial charge in [-0.25, -0.2) is 9.59 Å². The van der Waals surface area contributed by atoms with Gasteiger partial charge >= 0.3 is 12.1 Å². The van der Waals surface area contributed by atoms with Gasteiger partial charge in [0.1, 0.15) is 18.5 Å². The number of aliphatic carboxylic acids is 1. The molecule has 1 heterocycles. The van der Waals surface area contributed by atoms with Crippen molar-refractivity contribution in [3.05, 3.63) is 60.2 Å². The van der Waals surface area contributed by atoms with E-state index in [4.69, 9.17) is 29.2 Å². The van der Waals surface area contributed by atoms with E-state index in [1.54, 1.807) is 42.5 Å². The summed E-state index contributed by atoms with van der Waals surface area (Å²) in [6.45, 7) is 2.09. The summed E-state index contributed by atoms with van der Waals surface area (Å²) in [6, 6.07) is 12.2. The van der Waals surface area contributed by atoms with Gasteiger partial charge in [-0.1, -0.05) is 25.1 Å². The van der Waals surface area contributed by atoms with Gasteiger partial charge in [0.25, 0.3) is 0 Å². The minimum Gasteiger partial charge on any atom is -0.491 e. The number of benzene rings is 2. The van der Waals surface area contributed by atoms with E-state index < -0.39 is 18.2 Å². The molecule has 3 N–H and O–H groups in total. The molecule has 0 unspecified atom stereocenters. The van der Waals surface area contributed by atoms with Crippen LogP contribution in [0, 0.1) is 5.92 Å². The van der Waals surface area contributed by atoms with Gasteiger partial charge in [-0.15, -0.1) is 0 Å². The van der Waals surface area contributed by atoms with Crippen molar-refractivity contribution in [2.45, 2.75) is 25.9 Å². The highest BCUT2D eigenvalue weighted by Crippen LogP contribution is 2.35. The van der Waals surface area contributed by atoms with Crippen molar-refractivity contribution in [1.82, 2.24) is 0 Å². The zero-order valence-corrected chi connectivity index (χ0v) is 18.2. The molecule has 0 aliphatic carbocycles. The van der Waals surface area contributed by atoms with Gasteiger partial charge < -0.3 is 29.2 Å². The number of ether oxygens (including phenoxy) is 4. The Labute approximate surface area is 191 Å². The second-order valence-electron chi connectivity index (χ2n) is 7.46. The molecule has 176 valence electrons. The first-order valence-electron chi connectivity index (χ1n) is 10.6. The molecule has 33 heavy (non-hydrogen) atoms. The summed E-state index contributed by atoms with van der Waals surface area (Å²) < 4.78 is 21.9. The van der Waals surface area contributed by atoms with Crippen LogP contribution >= 0.6 is 0 Å². The Balaban J connectivity index is 1.72. The summed E-state index contributed by atoms with van der Waals surface area (Å²) in [5.41, 5.74) is 1.22. The third-order valence-electron chi connectivity index (χ3n) is 4.97. The number of carboxylic acid groups (broad SMARTS) is 1. The van der Waals surface area contributed by atoms with Gasteiger partial charge in [-0.2, -0.15) is 0 Å². The van der Waals surface area contributed by atoms with Crippen LogP contribution < -0.4 is 19.5 Å². The van der Waals surface area contributed by atoms with Crippen LogP contribution in [-0.2, 0) is 9.53 Å². The molecule has 9 nitrogen and oxygen atoms in total. The third-order valence-corrected chi connectivity index (χ3v) is 4.97. The van der Waals surface area contributed by atoms with Crippen LogP contribution in [0.2, 0.25) is 0 Å². The SMILES string of the molecule is C[C@H](CC/C=C/C(=O)O)[C@H](OC(=O)Nc1ccc2c(c1)OCO2)c1cccc(OCCO)c1. The van der Waals surface area contributed by atoms with Crippen molar-refractivity contribution in [3.63, 3.8) is 0 Å². The largest absolute Gasteiger partial charge is 0.491 e. The van der Waals surface area contributed by atoms with Crippen molar-refractivity contribution in [2.24, 2.45) is 5.92 Å². The molecule has 1 aliphatic rings. The molecule has 0 saturated carbocycles. The maximum atomic E-state index is 12.7. The fourth-order valence-electron chi connectivity index (χ4n) is 3.39. The fourth-order valence-corrected chi connectivity index (χ4v) is 3.39. The topological polar surface area (TPSA) is 124 Å². The van der Waals surface area contributed by atoms with E-state index in [2.05, 4.69) is 5.32 Å². The first-order valence-corrected chi connectivity index (χ1v) is 10.6. The summed E-state index contributed by atoms with van der Waals surface area (Å²) in [5, 5.41) is 20.5. The zero-order valence-electron chi connectivity index (χ0n) is 18.2. The molecule has 0 fully saturated rings. The average Bonchev–Trinajstić information content (AvgIpc) is 3.27. The Morgan fingerprint density at radius 2 is 2.00 bits per heavy atom. The summed E-state index contributed by atoms with van der Waals surface area (Å²) in [5.74, 6) is 0.557. The van der Waals surface area contributed by atoms with Gasteiger partial charge in [0, 0.05) is 17.8 Å². The van der Waals surface area contributed by atoms with Crippen LogP contribution in [0.3, 0.4) is 0 Å². The van der Waals surface area contributed by atoms with Crippen LogP contribution in [-0.4, -0.2) is 42.3 Å². The van der Waals surface area contributed by atoms with E-state index in [0.29, 0.717) is 35.8 Å². The lowest BCUT2D eigenvalue weighted by Gasteiger charge is -2.25. The van der Waals surface area contributed by atoms with Gasteiger partial charge in [-0.05, 0) is 48.6 Å². The molecule has 2 aromatic rings. The molecule has 0 saturated heterocycles. The van der Waals surface area contributed by atoms with E-state index in [0.717, 1.165) is 11.6 Å². The van der Waals surface area contributed by atoms with Crippen LogP contribution in [0.4, 0.5) is 10.5 Å². The average molecular weight is 457 g/mol. The smallest absolute Gasteiger partial charge is 0.412 e. The second-order valence-corrected chi connectivity index (χ2v) is 7.46. The number of nitrogens with one attached hydrogen (secondary N) is 1. The van der Waals surface area contributed by atoms with Crippen molar-refractivity contribution < 1.29 is 38.7 Å². The molecule has 0 radical (unpaired) electrons. The Bertz CT molecular complexity index is 990. The Kier molecular flexibility index (Phi) is 8.54. The molecule has 0 bridgehead atoms. The summed E-state index contributed by atoms with van der Waals surface area (Å²) in [7, 11) is 0. The molecule has 0 spiro atoms. The number of carbonyl (C=O) groups excluding carboxylic acids is 1. The lowest BCUT2D eigenvalue weighted by Crippen LogP contribution is -2.22. The minimum absolute atomic E-state index is 0.117. The maximum Gasteiger partial charge on any atom is 0.412 e. The van der Waals surface area contributed by atoms with Crippen LogP contribution in [0.15, 0.2) is 54.6 Å². The van der Waals surface area contributed by atoms with Gasteiger partial charge in [0.05, 0.1) is 6.61 Å². The summed E-state index contributed by atoms with van der Waals surface area (Å²) >= 11 is 0. The molecule has 3 rings (SSSR count). The molecule has 2 aromatic carbocycles. The highest BCUT2D eigenvalue weighted by atomic mass is 16.7. The number of hydrogen-bond acceptors (Lipinski definition) is 7. The van der Waals surface area contributed by atoms with Crippen molar-refractivity contribution in [2.75, 3.05) is 25.3 Å². The van der Waals surface area contributed by atoms with Crippen LogP contribution in [0.25, 0.3) is 0 Å². The molecular formula is C24H27NO8. The van der Waals surface area contributed by atoms with E-state index in [9.17, 15) is 9.59 Å². The maximum absolute atomic E-state index is 12.7. The van der Waals surface area contributed by atoms with E-state index in [-0.39, 0.29) is 25.9 Å². The number of allylic oxidation sites excluding steroid dienone is 1. The number of hydrogen-bond donors (Lipinski definition) is 3. The molecule has 1 amide bonds. The van der Waals surface area contributed by atoms with Gasteiger partial charge in [0.15, 0.2) is 11.5 Å². The minimum atomic E-state index is -1.01. The predicted molar refractivity (Wildman–Crippen MR) is 120 cm³/mol. The Morgan fingerprint density at radius 3 is 2.79 bits per heavy atom. The highest BCUT2D eigenvalue weighted by Gasteiger charge is 2.24. The van der Waals surface area contributed by atoms with Crippen LogP contribution in [0.5, 0.6) is 17.2 Å². The van der Waals surface area contributed by atoms with Crippen molar-refractivity contribution >= 4 is 17.7 Å². The van der Waals surface area contributed by atoms with E-state index >= 15 is 0 Å². The first-order chi connectivity index (χ1) is 16.0. The number of rotatable bonds is 11. The fraction of sp³-hybridized carbons (Fsp3) is 0.333. The number of amides is 1. The zero-order chi connectivity index (χ0) is 23.6. The predicted octanol–water partition coefficient (Wildman–Crippen LogP) is 4.13. The molecule has 9 heteroatoms. The van der Waals surface area contributed by atoms with Crippen molar-refractivity contribution in [3.8, 4) is 17.2 Å². The highest BCUT2D eigenvalue weighted by molar-refractivity contribution is 5.85. The second kappa shape index (κ2) is 11.8. The number of carboxylic acids is 1. The van der Waals surface area contributed by atoms with E-state index in [1.807, 2.05) is 13.0 Å². The number of aliphatic hydroxyl groups excluding tert-OH is 1. The standard InChI is InChI=1S/C24H27NO8/c1-16(5-2-3-8-22(27)28)23(17-6-4-7-19(13-17)30-12-11-26)33-24(29)25-18-9-10-20-21(14-18)32-15-31-20/h3-4,6-10,13-14,16,23,26H,2,5,11-12,15H2,1H3,(H,25,29)(H,27,28)/b8-3+/t16-,23+/m1/s1. The third kappa shape index (κ3) is 7.15.